The third kappa shape index (κ3) is 4.07. The SMILES string of the molecule is CCNCC1CCN(Cc2ccc(F)cc2)CC1. The number of hydrogen-bond donors (Lipinski definition) is 1. The molecule has 2 rings (SSSR count). The summed E-state index contributed by atoms with van der Waals surface area (Å²) in [6.45, 7) is 7.65. The molecule has 1 aromatic carbocycles. The Morgan fingerprint density at radius 1 is 1.22 bits per heavy atom. The van der Waals surface area contributed by atoms with Crippen LogP contribution in [-0.4, -0.2) is 31.1 Å². The molecule has 100 valence electrons. The van der Waals surface area contributed by atoms with Gasteiger partial charge in [0.2, 0.25) is 0 Å². The van der Waals surface area contributed by atoms with Crippen molar-refractivity contribution in [1.82, 2.24) is 10.2 Å². The molecule has 3 heteroatoms. The maximum atomic E-state index is 12.8. The minimum Gasteiger partial charge on any atom is -0.317 e. The van der Waals surface area contributed by atoms with Gasteiger partial charge in [-0.25, -0.2) is 4.39 Å². The van der Waals surface area contributed by atoms with Crippen molar-refractivity contribution in [3.63, 3.8) is 0 Å². The fourth-order valence-electron chi connectivity index (χ4n) is 2.55. The minimum absolute atomic E-state index is 0.150. The van der Waals surface area contributed by atoms with Gasteiger partial charge in [-0.2, -0.15) is 0 Å². The molecular formula is C15H23FN2. The lowest BCUT2D eigenvalue weighted by atomic mass is 9.96. The Labute approximate surface area is 109 Å². The number of halogens is 1. The number of likely N-dealkylation sites (tertiary alicyclic amines) is 1. The fraction of sp³-hybridized carbons (Fsp3) is 0.600. The molecule has 1 heterocycles. The van der Waals surface area contributed by atoms with Gasteiger partial charge in [0, 0.05) is 6.54 Å². The van der Waals surface area contributed by atoms with E-state index < -0.39 is 0 Å². The van der Waals surface area contributed by atoms with Crippen molar-refractivity contribution >= 4 is 0 Å². The Morgan fingerprint density at radius 3 is 2.50 bits per heavy atom. The first-order valence-corrected chi connectivity index (χ1v) is 6.95. The number of piperidine rings is 1. The number of nitrogens with zero attached hydrogens (tertiary/aromatic N) is 1. The third-order valence-electron chi connectivity index (χ3n) is 3.71. The van der Waals surface area contributed by atoms with Crippen molar-refractivity contribution in [2.75, 3.05) is 26.2 Å². The average Bonchev–Trinajstić information content (AvgIpc) is 2.41. The standard InChI is InChI=1S/C15H23FN2/c1-2-17-11-13-7-9-18(10-8-13)12-14-3-5-15(16)6-4-14/h3-6,13,17H,2,7-12H2,1H3. The molecule has 0 bridgehead atoms. The summed E-state index contributed by atoms with van der Waals surface area (Å²) in [5, 5.41) is 3.43. The zero-order valence-corrected chi connectivity index (χ0v) is 11.2. The maximum absolute atomic E-state index is 12.8. The third-order valence-corrected chi connectivity index (χ3v) is 3.71. The van der Waals surface area contributed by atoms with Gasteiger partial charge in [-0.15, -0.1) is 0 Å². The van der Waals surface area contributed by atoms with E-state index in [-0.39, 0.29) is 5.82 Å². The molecule has 0 unspecified atom stereocenters. The van der Waals surface area contributed by atoms with E-state index >= 15 is 0 Å². The van der Waals surface area contributed by atoms with Gasteiger partial charge >= 0.3 is 0 Å². The molecule has 0 spiro atoms. The van der Waals surface area contributed by atoms with Gasteiger partial charge in [-0.05, 0) is 62.6 Å². The smallest absolute Gasteiger partial charge is 0.123 e. The molecule has 1 aliphatic heterocycles. The van der Waals surface area contributed by atoms with E-state index in [1.807, 2.05) is 12.1 Å². The van der Waals surface area contributed by atoms with Gasteiger partial charge in [0.25, 0.3) is 0 Å². The Kier molecular flexibility index (Phi) is 5.14. The summed E-state index contributed by atoms with van der Waals surface area (Å²) < 4.78 is 12.8. The summed E-state index contributed by atoms with van der Waals surface area (Å²) in [5.41, 5.74) is 1.21. The maximum Gasteiger partial charge on any atom is 0.123 e. The second kappa shape index (κ2) is 6.86. The predicted molar refractivity (Wildman–Crippen MR) is 72.9 cm³/mol. The molecule has 1 saturated heterocycles. The van der Waals surface area contributed by atoms with Crippen LogP contribution in [0.15, 0.2) is 24.3 Å². The summed E-state index contributed by atoms with van der Waals surface area (Å²) in [5.74, 6) is 0.678. The van der Waals surface area contributed by atoms with Crippen LogP contribution in [0, 0.1) is 11.7 Å². The van der Waals surface area contributed by atoms with Crippen LogP contribution in [-0.2, 0) is 6.54 Å². The fourth-order valence-corrected chi connectivity index (χ4v) is 2.55. The van der Waals surface area contributed by atoms with Crippen LogP contribution >= 0.6 is 0 Å². The summed E-state index contributed by atoms with van der Waals surface area (Å²) in [7, 11) is 0. The summed E-state index contributed by atoms with van der Waals surface area (Å²) >= 11 is 0. The van der Waals surface area contributed by atoms with E-state index in [2.05, 4.69) is 17.1 Å². The van der Waals surface area contributed by atoms with Crippen LogP contribution in [0.2, 0.25) is 0 Å². The van der Waals surface area contributed by atoms with Crippen molar-refractivity contribution in [2.45, 2.75) is 26.3 Å². The van der Waals surface area contributed by atoms with Crippen molar-refractivity contribution in [3.8, 4) is 0 Å². The molecule has 0 aliphatic carbocycles. The second-order valence-electron chi connectivity index (χ2n) is 5.15. The van der Waals surface area contributed by atoms with Gasteiger partial charge in [0.15, 0.2) is 0 Å². The molecule has 0 atom stereocenters. The molecule has 0 saturated carbocycles. The van der Waals surface area contributed by atoms with E-state index in [1.54, 1.807) is 12.1 Å². The quantitative estimate of drug-likeness (QED) is 0.864. The first-order chi connectivity index (χ1) is 8.78. The summed E-state index contributed by atoms with van der Waals surface area (Å²) in [4.78, 5) is 2.47. The molecule has 1 N–H and O–H groups in total. The Morgan fingerprint density at radius 2 is 1.89 bits per heavy atom. The lowest BCUT2D eigenvalue weighted by molar-refractivity contribution is 0.176. The highest BCUT2D eigenvalue weighted by Crippen LogP contribution is 2.18. The van der Waals surface area contributed by atoms with E-state index in [4.69, 9.17) is 0 Å². The van der Waals surface area contributed by atoms with E-state index in [1.165, 1.54) is 18.4 Å². The van der Waals surface area contributed by atoms with Crippen molar-refractivity contribution in [3.05, 3.63) is 35.6 Å². The molecule has 2 nitrogen and oxygen atoms in total. The van der Waals surface area contributed by atoms with E-state index in [9.17, 15) is 4.39 Å². The zero-order valence-electron chi connectivity index (χ0n) is 11.2. The van der Waals surface area contributed by atoms with Gasteiger partial charge in [-0.1, -0.05) is 19.1 Å². The largest absolute Gasteiger partial charge is 0.317 e. The zero-order chi connectivity index (χ0) is 12.8. The number of hydrogen-bond acceptors (Lipinski definition) is 2. The Balaban J connectivity index is 1.74. The molecule has 0 aromatic heterocycles. The van der Waals surface area contributed by atoms with Crippen molar-refractivity contribution in [1.29, 1.82) is 0 Å². The summed E-state index contributed by atoms with van der Waals surface area (Å²) in [6, 6.07) is 6.88. The van der Waals surface area contributed by atoms with E-state index in [0.29, 0.717) is 0 Å². The first-order valence-electron chi connectivity index (χ1n) is 6.95. The van der Waals surface area contributed by atoms with Crippen LogP contribution in [0.5, 0.6) is 0 Å². The molecule has 0 amide bonds. The monoisotopic (exact) mass is 250 g/mol. The van der Waals surface area contributed by atoms with Crippen molar-refractivity contribution in [2.24, 2.45) is 5.92 Å². The van der Waals surface area contributed by atoms with Crippen LogP contribution in [0.4, 0.5) is 4.39 Å². The number of rotatable bonds is 5. The first kappa shape index (κ1) is 13.5. The minimum atomic E-state index is -0.150. The van der Waals surface area contributed by atoms with Gasteiger partial charge in [-0.3, -0.25) is 4.90 Å². The highest BCUT2D eigenvalue weighted by molar-refractivity contribution is 5.15. The predicted octanol–water partition coefficient (Wildman–Crippen LogP) is 2.65. The highest BCUT2D eigenvalue weighted by Gasteiger charge is 2.18. The molecule has 1 fully saturated rings. The van der Waals surface area contributed by atoms with Crippen LogP contribution < -0.4 is 5.32 Å². The molecule has 0 radical (unpaired) electrons. The van der Waals surface area contributed by atoms with Crippen LogP contribution in [0.3, 0.4) is 0 Å². The normalized spacial score (nSPS) is 18.1. The summed E-state index contributed by atoms with van der Waals surface area (Å²) in [6.07, 6.45) is 2.54. The number of nitrogens with one attached hydrogen (secondary N) is 1. The molecule has 1 aliphatic rings. The Bertz CT molecular complexity index is 342. The van der Waals surface area contributed by atoms with Gasteiger partial charge < -0.3 is 5.32 Å². The highest BCUT2D eigenvalue weighted by atomic mass is 19.1. The van der Waals surface area contributed by atoms with Gasteiger partial charge in [0.05, 0.1) is 0 Å². The topological polar surface area (TPSA) is 15.3 Å². The molecular weight excluding hydrogens is 227 g/mol. The Hall–Kier alpha value is -0.930. The second-order valence-corrected chi connectivity index (χ2v) is 5.15. The lowest BCUT2D eigenvalue weighted by Gasteiger charge is -2.32. The van der Waals surface area contributed by atoms with E-state index in [0.717, 1.165) is 38.6 Å². The number of benzene rings is 1. The molecule has 1 aromatic rings. The lowest BCUT2D eigenvalue weighted by Crippen LogP contribution is -2.36. The van der Waals surface area contributed by atoms with Gasteiger partial charge in [0.1, 0.15) is 5.82 Å². The van der Waals surface area contributed by atoms with Crippen LogP contribution in [0.25, 0.3) is 0 Å². The van der Waals surface area contributed by atoms with Crippen LogP contribution in [0.1, 0.15) is 25.3 Å². The van der Waals surface area contributed by atoms with Crippen molar-refractivity contribution < 1.29 is 4.39 Å². The average molecular weight is 250 g/mol. The molecule has 18 heavy (non-hydrogen) atoms.